The van der Waals surface area contributed by atoms with Gasteiger partial charge in [0.05, 0.1) is 5.02 Å². The lowest BCUT2D eigenvalue weighted by Crippen LogP contribution is -2.28. The van der Waals surface area contributed by atoms with Crippen LogP contribution in [0.25, 0.3) is 0 Å². The van der Waals surface area contributed by atoms with Gasteiger partial charge < -0.3 is 10.4 Å². The van der Waals surface area contributed by atoms with Gasteiger partial charge in [0, 0.05) is 16.9 Å². The Bertz CT molecular complexity index is 453. The fourth-order valence-electron chi connectivity index (χ4n) is 2.19. The van der Waals surface area contributed by atoms with Crippen molar-refractivity contribution in [2.45, 2.75) is 24.1 Å². The average molecular weight is 333 g/mol. The first-order valence-corrected chi connectivity index (χ1v) is 7.26. The summed E-state index contributed by atoms with van der Waals surface area (Å²) >= 11 is 9.36. The normalized spacial score (nSPS) is 23.0. The molecule has 0 bridgehead atoms. The second-order valence-electron chi connectivity index (χ2n) is 4.65. The molecule has 0 spiro atoms. The second kappa shape index (κ2) is 5.93. The topological polar surface area (TPSA) is 49.3 Å². The van der Waals surface area contributed by atoms with Gasteiger partial charge in [-0.05, 0) is 43.4 Å². The van der Waals surface area contributed by atoms with Crippen molar-refractivity contribution in [3.05, 3.63) is 28.8 Å². The largest absolute Gasteiger partial charge is 0.506 e. The molecule has 0 saturated heterocycles. The number of carbonyl (C=O) groups excluding carboxylic acids is 1. The van der Waals surface area contributed by atoms with Crippen LogP contribution in [0.1, 0.15) is 29.6 Å². The number of amides is 1. The third-order valence-corrected chi connectivity index (χ3v) is 4.37. The van der Waals surface area contributed by atoms with E-state index >= 15 is 0 Å². The Labute approximate surface area is 120 Å². The fourth-order valence-corrected chi connectivity index (χ4v) is 3.16. The minimum absolute atomic E-state index is 0.00820. The summed E-state index contributed by atoms with van der Waals surface area (Å²) < 4.78 is 0. The zero-order valence-corrected chi connectivity index (χ0v) is 12.2. The summed E-state index contributed by atoms with van der Waals surface area (Å²) in [5, 5.41) is 12.4. The first-order valence-electron chi connectivity index (χ1n) is 5.97. The lowest BCUT2D eigenvalue weighted by molar-refractivity contribution is 0.0947. The monoisotopic (exact) mass is 331 g/mol. The minimum atomic E-state index is -0.144. The first kappa shape index (κ1) is 13.7. The Balaban J connectivity index is 1.89. The highest BCUT2D eigenvalue weighted by Gasteiger charge is 2.22. The van der Waals surface area contributed by atoms with Crippen molar-refractivity contribution in [1.82, 2.24) is 5.32 Å². The molecule has 2 N–H and O–H groups in total. The van der Waals surface area contributed by atoms with Crippen LogP contribution in [0.3, 0.4) is 0 Å². The molecule has 98 valence electrons. The highest BCUT2D eigenvalue weighted by molar-refractivity contribution is 9.09. The van der Waals surface area contributed by atoms with E-state index in [9.17, 15) is 9.90 Å². The number of alkyl halides is 1. The molecule has 1 aliphatic rings. The number of rotatable bonds is 3. The highest BCUT2D eigenvalue weighted by atomic mass is 79.9. The van der Waals surface area contributed by atoms with E-state index in [-0.39, 0.29) is 16.7 Å². The zero-order chi connectivity index (χ0) is 13.1. The summed E-state index contributed by atoms with van der Waals surface area (Å²) in [4.78, 5) is 12.5. The van der Waals surface area contributed by atoms with Gasteiger partial charge in [0.15, 0.2) is 0 Å². The van der Waals surface area contributed by atoms with E-state index < -0.39 is 0 Å². The van der Waals surface area contributed by atoms with Crippen LogP contribution in [0.15, 0.2) is 18.2 Å². The second-order valence-corrected chi connectivity index (χ2v) is 6.35. The molecule has 0 heterocycles. The molecule has 2 unspecified atom stereocenters. The molecule has 1 aromatic rings. The molecular weight excluding hydrogens is 318 g/mol. The van der Waals surface area contributed by atoms with Gasteiger partial charge in [-0.25, -0.2) is 0 Å². The van der Waals surface area contributed by atoms with Gasteiger partial charge in [0.2, 0.25) is 0 Å². The molecule has 1 aliphatic carbocycles. The van der Waals surface area contributed by atoms with Gasteiger partial charge in [-0.1, -0.05) is 27.5 Å². The Morgan fingerprint density at radius 2 is 2.28 bits per heavy atom. The van der Waals surface area contributed by atoms with Crippen molar-refractivity contribution >= 4 is 33.4 Å². The number of nitrogens with one attached hydrogen (secondary N) is 1. The van der Waals surface area contributed by atoms with Crippen molar-refractivity contribution in [3.8, 4) is 5.75 Å². The van der Waals surface area contributed by atoms with E-state index in [1.807, 2.05) is 0 Å². The van der Waals surface area contributed by atoms with E-state index in [1.54, 1.807) is 6.07 Å². The molecule has 2 rings (SSSR count). The standard InChI is InChI=1S/C13H15BrClNO2/c14-10-3-1-8(5-10)7-16-13(18)9-2-4-12(17)11(15)6-9/h2,4,6,8,10,17H,1,3,5,7H2,(H,16,18). The van der Waals surface area contributed by atoms with Crippen molar-refractivity contribution in [2.75, 3.05) is 6.54 Å². The highest BCUT2D eigenvalue weighted by Crippen LogP contribution is 2.30. The summed E-state index contributed by atoms with van der Waals surface area (Å²) in [6.07, 6.45) is 3.43. The van der Waals surface area contributed by atoms with E-state index in [0.29, 0.717) is 22.9 Å². The summed E-state index contributed by atoms with van der Waals surface area (Å²) in [6, 6.07) is 4.48. The number of benzene rings is 1. The van der Waals surface area contributed by atoms with Crippen LogP contribution in [-0.4, -0.2) is 22.4 Å². The average Bonchev–Trinajstić information content (AvgIpc) is 2.75. The van der Waals surface area contributed by atoms with Gasteiger partial charge in [-0.15, -0.1) is 0 Å². The number of phenolic OH excluding ortho intramolecular Hbond substituents is 1. The van der Waals surface area contributed by atoms with Crippen molar-refractivity contribution < 1.29 is 9.90 Å². The summed E-state index contributed by atoms with van der Waals surface area (Å²) in [7, 11) is 0. The Morgan fingerprint density at radius 1 is 1.50 bits per heavy atom. The molecule has 1 amide bonds. The molecule has 1 fully saturated rings. The quantitative estimate of drug-likeness (QED) is 0.834. The van der Waals surface area contributed by atoms with Crippen LogP contribution in [0.5, 0.6) is 5.75 Å². The predicted octanol–water partition coefficient (Wildman–Crippen LogP) is 3.34. The zero-order valence-electron chi connectivity index (χ0n) is 9.83. The van der Waals surface area contributed by atoms with Crippen LogP contribution >= 0.6 is 27.5 Å². The summed E-state index contributed by atoms with van der Waals surface area (Å²) in [5.74, 6) is 0.395. The van der Waals surface area contributed by atoms with Crippen LogP contribution in [0.4, 0.5) is 0 Å². The third kappa shape index (κ3) is 3.39. The lowest BCUT2D eigenvalue weighted by atomic mass is 10.1. The SMILES string of the molecule is O=C(NCC1CCC(Br)C1)c1ccc(O)c(Cl)c1. The molecule has 1 aromatic carbocycles. The van der Waals surface area contributed by atoms with Crippen LogP contribution in [-0.2, 0) is 0 Å². The number of carbonyl (C=O) groups is 1. The molecule has 3 nitrogen and oxygen atoms in total. The molecule has 2 atom stereocenters. The van der Waals surface area contributed by atoms with Crippen LogP contribution in [0.2, 0.25) is 5.02 Å². The Morgan fingerprint density at radius 3 is 2.89 bits per heavy atom. The molecule has 1 saturated carbocycles. The van der Waals surface area contributed by atoms with Gasteiger partial charge in [-0.2, -0.15) is 0 Å². The van der Waals surface area contributed by atoms with Gasteiger partial charge in [-0.3, -0.25) is 4.79 Å². The van der Waals surface area contributed by atoms with E-state index in [0.717, 1.165) is 12.8 Å². The maximum Gasteiger partial charge on any atom is 0.251 e. The maximum atomic E-state index is 11.9. The number of aromatic hydroxyl groups is 1. The lowest BCUT2D eigenvalue weighted by Gasteiger charge is -2.11. The molecule has 0 aromatic heterocycles. The van der Waals surface area contributed by atoms with Crippen molar-refractivity contribution in [1.29, 1.82) is 0 Å². The van der Waals surface area contributed by atoms with E-state index in [2.05, 4.69) is 21.2 Å². The van der Waals surface area contributed by atoms with E-state index in [1.165, 1.54) is 18.6 Å². The number of phenols is 1. The molecular formula is C13H15BrClNO2. The molecule has 5 heteroatoms. The third-order valence-electron chi connectivity index (χ3n) is 3.24. The first-order chi connectivity index (χ1) is 8.56. The minimum Gasteiger partial charge on any atom is -0.506 e. The smallest absolute Gasteiger partial charge is 0.251 e. The Kier molecular flexibility index (Phi) is 4.51. The Hall–Kier alpha value is -0.740. The van der Waals surface area contributed by atoms with Gasteiger partial charge in [0.25, 0.3) is 5.91 Å². The molecule has 0 aliphatic heterocycles. The van der Waals surface area contributed by atoms with E-state index in [4.69, 9.17) is 11.6 Å². The van der Waals surface area contributed by atoms with Crippen LogP contribution < -0.4 is 5.32 Å². The summed E-state index contributed by atoms with van der Waals surface area (Å²) in [5.41, 5.74) is 0.478. The maximum absolute atomic E-state index is 11.9. The van der Waals surface area contributed by atoms with Gasteiger partial charge >= 0.3 is 0 Å². The van der Waals surface area contributed by atoms with Gasteiger partial charge in [0.1, 0.15) is 5.75 Å². The summed E-state index contributed by atoms with van der Waals surface area (Å²) in [6.45, 7) is 0.694. The number of hydrogen-bond donors (Lipinski definition) is 2. The van der Waals surface area contributed by atoms with Crippen molar-refractivity contribution in [2.24, 2.45) is 5.92 Å². The number of hydrogen-bond acceptors (Lipinski definition) is 2. The van der Waals surface area contributed by atoms with Crippen molar-refractivity contribution in [3.63, 3.8) is 0 Å². The predicted molar refractivity (Wildman–Crippen MR) is 75.5 cm³/mol. The molecule has 18 heavy (non-hydrogen) atoms. The molecule has 0 radical (unpaired) electrons. The van der Waals surface area contributed by atoms with Crippen LogP contribution in [0, 0.1) is 5.92 Å². The number of halogens is 2. The fraction of sp³-hybridized carbons (Fsp3) is 0.462.